The second kappa shape index (κ2) is 4.73. The normalized spacial score (nSPS) is 10.3. The zero-order valence-electron chi connectivity index (χ0n) is 6.19. The molecule has 1 aromatic carbocycles. The first-order valence-electron chi connectivity index (χ1n) is 3.17. The van der Waals surface area contributed by atoms with E-state index in [0.29, 0.717) is 0 Å². The molecule has 0 aliphatic heterocycles. The van der Waals surface area contributed by atoms with Gasteiger partial charge in [-0.25, -0.2) is 4.83 Å². The molecule has 3 nitrogen and oxygen atoms in total. The third-order valence-electron chi connectivity index (χ3n) is 1.05. The number of hydrogen-bond acceptors (Lipinski definition) is 3. The molecule has 0 atom stereocenters. The van der Waals surface area contributed by atoms with Crippen molar-refractivity contribution in [2.45, 2.75) is 0 Å². The first-order chi connectivity index (χ1) is 5.43. The molecule has 1 aromatic rings. The summed E-state index contributed by atoms with van der Waals surface area (Å²) in [5, 5.41) is 7.59. The Kier molecular flexibility index (Phi) is 3.47. The van der Waals surface area contributed by atoms with Crippen molar-refractivity contribution in [3.8, 4) is 0 Å². The minimum atomic E-state index is 0.856. The predicted octanol–water partition coefficient (Wildman–Crippen LogP) is 2.55. The van der Waals surface area contributed by atoms with Crippen molar-refractivity contribution in [3.63, 3.8) is 0 Å². The molecule has 1 rings (SSSR count). The SMILES string of the molecule is CSNN=Nc1ccccc1. The second-order valence-electron chi connectivity index (χ2n) is 1.83. The number of nitrogens with zero attached hydrogens (tertiary/aromatic N) is 2. The summed E-state index contributed by atoms with van der Waals surface area (Å²) in [6.45, 7) is 0. The van der Waals surface area contributed by atoms with E-state index < -0.39 is 0 Å². The van der Waals surface area contributed by atoms with Gasteiger partial charge in [-0.3, -0.25) is 0 Å². The molecular formula is C7H9N3S. The summed E-state index contributed by atoms with van der Waals surface area (Å²) in [5.41, 5.74) is 0.856. The van der Waals surface area contributed by atoms with Crippen LogP contribution >= 0.6 is 11.9 Å². The molecule has 0 aliphatic carbocycles. The van der Waals surface area contributed by atoms with E-state index in [-0.39, 0.29) is 0 Å². The van der Waals surface area contributed by atoms with Gasteiger partial charge in [-0.15, -0.1) is 5.11 Å². The molecule has 0 fully saturated rings. The smallest absolute Gasteiger partial charge is 0.0874 e. The van der Waals surface area contributed by atoms with Crippen LogP contribution in [0.4, 0.5) is 5.69 Å². The van der Waals surface area contributed by atoms with Crippen molar-refractivity contribution in [2.24, 2.45) is 10.3 Å². The highest BCUT2D eigenvalue weighted by Crippen LogP contribution is 2.09. The maximum absolute atomic E-state index is 3.89. The van der Waals surface area contributed by atoms with E-state index in [9.17, 15) is 0 Å². The number of hydrogen-bond donors (Lipinski definition) is 1. The minimum Gasteiger partial charge on any atom is -0.233 e. The summed E-state index contributed by atoms with van der Waals surface area (Å²) in [5.74, 6) is 0. The molecule has 0 saturated carbocycles. The lowest BCUT2D eigenvalue weighted by molar-refractivity contribution is 0.977. The molecule has 11 heavy (non-hydrogen) atoms. The number of nitrogens with one attached hydrogen (secondary N) is 1. The lowest BCUT2D eigenvalue weighted by Gasteiger charge is -1.89. The van der Waals surface area contributed by atoms with Crippen molar-refractivity contribution < 1.29 is 0 Å². The molecule has 0 unspecified atom stereocenters. The Morgan fingerprint density at radius 2 is 2.00 bits per heavy atom. The van der Waals surface area contributed by atoms with Crippen LogP contribution < -0.4 is 4.83 Å². The van der Waals surface area contributed by atoms with Crippen LogP contribution in [0, 0.1) is 0 Å². The van der Waals surface area contributed by atoms with Crippen LogP contribution in [0.25, 0.3) is 0 Å². The average molecular weight is 167 g/mol. The Morgan fingerprint density at radius 1 is 1.27 bits per heavy atom. The van der Waals surface area contributed by atoms with E-state index in [1.54, 1.807) is 0 Å². The van der Waals surface area contributed by atoms with E-state index >= 15 is 0 Å². The molecule has 0 aliphatic rings. The van der Waals surface area contributed by atoms with Crippen LogP contribution in [0.3, 0.4) is 0 Å². The van der Waals surface area contributed by atoms with Crippen LogP contribution in [0.1, 0.15) is 0 Å². The number of benzene rings is 1. The Hall–Kier alpha value is -1.03. The monoisotopic (exact) mass is 167 g/mol. The fourth-order valence-electron chi connectivity index (χ4n) is 0.614. The van der Waals surface area contributed by atoms with Gasteiger partial charge in [0, 0.05) is 6.26 Å². The summed E-state index contributed by atoms with van der Waals surface area (Å²) in [4.78, 5) is 2.67. The molecule has 0 spiro atoms. The summed E-state index contributed by atoms with van der Waals surface area (Å²) in [6, 6.07) is 9.58. The largest absolute Gasteiger partial charge is 0.233 e. The minimum absolute atomic E-state index is 0.856. The van der Waals surface area contributed by atoms with Crippen LogP contribution in [0.5, 0.6) is 0 Å². The molecule has 0 saturated heterocycles. The average Bonchev–Trinajstić information content (AvgIpc) is 2.07. The van der Waals surface area contributed by atoms with Gasteiger partial charge in [0.25, 0.3) is 0 Å². The van der Waals surface area contributed by atoms with Gasteiger partial charge in [-0.1, -0.05) is 23.4 Å². The zero-order chi connectivity index (χ0) is 7.94. The first-order valence-corrected chi connectivity index (χ1v) is 4.40. The summed E-state index contributed by atoms with van der Waals surface area (Å²) >= 11 is 1.41. The molecular weight excluding hydrogens is 158 g/mol. The molecule has 4 heteroatoms. The van der Waals surface area contributed by atoms with E-state index in [0.717, 1.165) is 5.69 Å². The molecule has 1 N–H and O–H groups in total. The van der Waals surface area contributed by atoms with E-state index in [4.69, 9.17) is 0 Å². The van der Waals surface area contributed by atoms with Gasteiger partial charge in [0.15, 0.2) is 0 Å². The van der Waals surface area contributed by atoms with Gasteiger partial charge in [-0.2, -0.15) is 0 Å². The van der Waals surface area contributed by atoms with Crippen LogP contribution in [-0.4, -0.2) is 6.26 Å². The topological polar surface area (TPSA) is 36.8 Å². The van der Waals surface area contributed by atoms with Gasteiger partial charge in [0.2, 0.25) is 0 Å². The fraction of sp³-hybridized carbons (Fsp3) is 0.143. The maximum atomic E-state index is 3.89. The van der Waals surface area contributed by atoms with Crippen molar-refractivity contribution in [1.29, 1.82) is 0 Å². The molecule has 0 radical (unpaired) electrons. The Bertz CT molecular complexity index is 222. The third-order valence-corrected chi connectivity index (χ3v) is 1.32. The van der Waals surface area contributed by atoms with Gasteiger partial charge in [-0.05, 0) is 24.1 Å². The Balaban J connectivity index is 2.50. The Labute approximate surface area is 70.0 Å². The quantitative estimate of drug-likeness (QED) is 0.426. The summed E-state index contributed by atoms with van der Waals surface area (Å²) in [7, 11) is 0. The zero-order valence-corrected chi connectivity index (χ0v) is 7.01. The standard InChI is InChI=1S/C7H9N3S/c1-11-10-9-8-7-5-3-2-4-6-7/h2-6H,1H3,(H,8,10). The highest BCUT2D eigenvalue weighted by Gasteiger charge is 1.82. The van der Waals surface area contributed by atoms with Crippen LogP contribution in [0.15, 0.2) is 40.7 Å². The van der Waals surface area contributed by atoms with Gasteiger partial charge in [0.05, 0.1) is 5.69 Å². The van der Waals surface area contributed by atoms with Crippen molar-refractivity contribution in [3.05, 3.63) is 30.3 Å². The van der Waals surface area contributed by atoms with E-state index in [1.807, 2.05) is 36.6 Å². The molecule has 0 bridgehead atoms. The second-order valence-corrected chi connectivity index (χ2v) is 2.42. The van der Waals surface area contributed by atoms with Crippen molar-refractivity contribution in [1.82, 2.24) is 4.83 Å². The van der Waals surface area contributed by atoms with Gasteiger partial charge in [0.1, 0.15) is 0 Å². The molecule has 0 heterocycles. The number of rotatable bonds is 3. The first kappa shape index (κ1) is 8.07. The molecule has 0 amide bonds. The Morgan fingerprint density at radius 3 is 2.64 bits per heavy atom. The molecule has 0 aromatic heterocycles. The lowest BCUT2D eigenvalue weighted by atomic mass is 10.3. The summed E-state index contributed by atoms with van der Waals surface area (Å²) in [6.07, 6.45) is 1.89. The van der Waals surface area contributed by atoms with E-state index in [1.165, 1.54) is 11.9 Å². The van der Waals surface area contributed by atoms with Crippen molar-refractivity contribution >= 4 is 17.6 Å². The third kappa shape index (κ3) is 3.04. The molecule has 58 valence electrons. The van der Waals surface area contributed by atoms with Crippen LogP contribution in [0.2, 0.25) is 0 Å². The predicted molar refractivity (Wildman–Crippen MR) is 47.6 cm³/mol. The van der Waals surface area contributed by atoms with E-state index in [2.05, 4.69) is 15.2 Å². The lowest BCUT2D eigenvalue weighted by Crippen LogP contribution is -1.84. The highest BCUT2D eigenvalue weighted by atomic mass is 32.2. The van der Waals surface area contributed by atoms with Gasteiger partial charge >= 0.3 is 0 Å². The van der Waals surface area contributed by atoms with Gasteiger partial charge < -0.3 is 0 Å². The highest BCUT2D eigenvalue weighted by molar-refractivity contribution is 7.96. The summed E-state index contributed by atoms with van der Waals surface area (Å²) < 4.78 is 0. The van der Waals surface area contributed by atoms with Crippen molar-refractivity contribution in [2.75, 3.05) is 6.26 Å². The van der Waals surface area contributed by atoms with Crippen LogP contribution in [-0.2, 0) is 0 Å². The maximum Gasteiger partial charge on any atom is 0.0874 e. The fourth-order valence-corrected chi connectivity index (χ4v) is 0.736.